The van der Waals surface area contributed by atoms with Crippen molar-refractivity contribution in [1.29, 1.82) is 0 Å². The lowest BCUT2D eigenvalue weighted by atomic mass is 10.0. The highest BCUT2D eigenvalue weighted by atomic mass is 79.9. The van der Waals surface area contributed by atoms with Crippen molar-refractivity contribution < 1.29 is 22.0 Å². The van der Waals surface area contributed by atoms with Gasteiger partial charge in [0.2, 0.25) is 5.82 Å². The smallest absolute Gasteiger partial charge is 0.200 e. The highest BCUT2D eigenvalue weighted by Crippen LogP contribution is 2.35. The fraction of sp³-hybridized carbons (Fsp3) is 0.167. The first-order valence-corrected chi connectivity index (χ1v) is 6.89. The summed E-state index contributed by atoms with van der Waals surface area (Å²) in [6.07, 6.45) is 0. The predicted molar refractivity (Wildman–Crippen MR) is 69.0 cm³/mol. The van der Waals surface area contributed by atoms with Crippen molar-refractivity contribution in [3.8, 4) is 0 Å². The van der Waals surface area contributed by atoms with E-state index in [9.17, 15) is 22.0 Å². The number of halogens is 6. The molecule has 108 valence electrons. The zero-order chi connectivity index (χ0) is 15.2. The molecule has 0 saturated carbocycles. The van der Waals surface area contributed by atoms with Crippen molar-refractivity contribution in [2.45, 2.75) is 13.0 Å². The van der Waals surface area contributed by atoms with Crippen LogP contribution in [0.25, 0.3) is 0 Å². The lowest BCUT2D eigenvalue weighted by Gasteiger charge is -2.13. The summed E-state index contributed by atoms with van der Waals surface area (Å²) in [6, 6.07) is 0.0532. The van der Waals surface area contributed by atoms with Crippen LogP contribution in [0.2, 0.25) is 0 Å². The van der Waals surface area contributed by atoms with Gasteiger partial charge in [0, 0.05) is 14.2 Å². The first-order valence-electron chi connectivity index (χ1n) is 5.28. The molecule has 1 aromatic carbocycles. The van der Waals surface area contributed by atoms with E-state index in [1.807, 2.05) is 0 Å². The van der Waals surface area contributed by atoms with Crippen LogP contribution < -0.4 is 5.73 Å². The first kappa shape index (κ1) is 15.4. The molecule has 0 spiro atoms. The van der Waals surface area contributed by atoms with Gasteiger partial charge in [0.1, 0.15) is 0 Å². The van der Waals surface area contributed by atoms with E-state index in [-0.39, 0.29) is 4.88 Å². The summed E-state index contributed by atoms with van der Waals surface area (Å²) in [4.78, 5) is 1.07. The average molecular weight is 372 g/mol. The van der Waals surface area contributed by atoms with Crippen molar-refractivity contribution >= 4 is 27.3 Å². The number of benzene rings is 1. The topological polar surface area (TPSA) is 26.0 Å². The Labute approximate surface area is 123 Å². The molecule has 0 fully saturated rings. The molecule has 0 aliphatic rings. The van der Waals surface area contributed by atoms with E-state index in [0.29, 0.717) is 4.47 Å². The zero-order valence-electron chi connectivity index (χ0n) is 9.91. The number of nitrogens with two attached hydrogens (primary N) is 1. The Morgan fingerprint density at radius 2 is 1.45 bits per heavy atom. The van der Waals surface area contributed by atoms with Gasteiger partial charge in [0.05, 0.1) is 11.6 Å². The Hall–Kier alpha value is -0.990. The van der Waals surface area contributed by atoms with Gasteiger partial charge in [-0.15, -0.1) is 11.3 Å². The van der Waals surface area contributed by atoms with Gasteiger partial charge in [-0.1, -0.05) is 0 Å². The summed E-state index contributed by atoms with van der Waals surface area (Å²) >= 11 is 4.30. The number of rotatable bonds is 2. The SMILES string of the molecule is Cc1sc(C(N)c2c(F)c(F)c(F)c(F)c2F)cc1Br. The molecule has 0 saturated heterocycles. The van der Waals surface area contributed by atoms with E-state index >= 15 is 0 Å². The average Bonchev–Trinajstić information content (AvgIpc) is 2.74. The number of hydrogen-bond acceptors (Lipinski definition) is 2. The number of aryl methyl sites for hydroxylation is 1. The monoisotopic (exact) mass is 371 g/mol. The molecule has 1 nitrogen and oxygen atoms in total. The summed E-state index contributed by atoms with van der Waals surface area (Å²) in [5.74, 6) is -10.0. The van der Waals surface area contributed by atoms with Gasteiger partial charge in [0.25, 0.3) is 0 Å². The fourth-order valence-electron chi connectivity index (χ4n) is 1.67. The molecule has 1 aromatic heterocycles. The van der Waals surface area contributed by atoms with Crippen LogP contribution in [0.5, 0.6) is 0 Å². The van der Waals surface area contributed by atoms with Crippen molar-refractivity contribution in [3.63, 3.8) is 0 Å². The maximum atomic E-state index is 13.6. The molecule has 2 aromatic rings. The van der Waals surface area contributed by atoms with Gasteiger partial charge in [-0.3, -0.25) is 0 Å². The molecular weight excluding hydrogens is 365 g/mol. The molecule has 2 N–H and O–H groups in total. The Bertz CT molecular complexity index is 636. The van der Waals surface area contributed by atoms with Crippen LogP contribution in [0.3, 0.4) is 0 Å². The van der Waals surface area contributed by atoms with Crippen molar-refractivity contribution in [3.05, 3.63) is 54.9 Å². The van der Waals surface area contributed by atoms with E-state index in [2.05, 4.69) is 15.9 Å². The van der Waals surface area contributed by atoms with Crippen LogP contribution in [-0.4, -0.2) is 0 Å². The molecule has 1 heterocycles. The lowest BCUT2D eigenvalue weighted by molar-refractivity contribution is 0.367. The molecule has 8 heteroatoms. The van der Waals surface area contributed by atoms with Crippen LogP contribution >= 0.6 is 27.3 Å². The summed E-state index contributed by atoms with van der Waals surface area (Å²) in [5.41, 5.74) is 4.61. The molecule has 1 unspecified atom stereocenters. The van der Waals surface area contributed by atoms with Gasteiger partial charge in [-0.2, -0.15) is 0 Å². The molecule has 0 amide bonds. The zero-order valence-corrected chi connectivity index (χ0v) is 12.3. The van der Waals surface area contributed by atoms with Crippen molar-refractivity contribution in [2.24, 2.45) is 5.73 Å². The lowest BCUT2D eigenvalue weighted by Crippen LogP contribution is -2.18. The van der Waals surface area contributed by atoms with Crippen LogP contribution in [0, 0.1) is 36.0 Å². The quantitative estimate of drug-likeness (QED) is 0.467. The summed E-state index contributed by atoms with van der Waals surface area (Å²) in [6.45, 7) is 1.73. The third-order valence-corrected chi connectivity index (χ3v) is 4.96. The van der Waals surface area contributed by atoms with Gasteiger partial charge < -0.3 is 5.73 Å². The summed E-state index contributed by atoms with van der Waals surface area (Å²) in [7, 11) is 0. The van der Waals surface area contributed by atoms with E-state index in [4.69, 9.17) is 5.73 Å². The molecule has 0 aliphatic heterocycles. The minimum atomic E-state index is -2.19. The second kappa shape index (κ2) is 5.42. The van der Waals surface area contributed by atoms with Crippen LogP contribution in [0.1, 0.15) is 21.4 Å². The summed E-state index contributed by atoms with van der Waals surface area (Å²) in [5, 5.41) is 0. The number of hydrogen-bond donors (Lipinski definition) is 1. The van der Waals surface area contributed by atoms with Crippen LogP contribution in [-0.2, 0) is 0 Å². The van der Waals surface area contributed by atoms with Crippen LogP contribution in [0.4, 0.5) is 22.0 Å². The third-order valence-electron chi connectivity index (χ3n) is 2.74. The highest BCUT2D eigenvalue weighted by molar-refractivity contribution is 9.10. The Balaban J connectivity index is 2.63. The van der Waals surface area contributed by atoms with Crippen molar-refractivity contribution in [1.82, 2.24) is 0 Å². The van der Waals surface area contributed by atoms with Gasteiger partial charge >= 0.3 is 0 Å². The minimum absolute atomic E-state index is 0.289. The first-order chi connectivity index (χ1) is 9.25. The predicted octanol–water partition coefficient (Wildman–Crippen LogP) is 4.56. The minimum Gasteiger partial charge on any atom is -0.319 e. The normalized spacial score (nSPS) is 12.8. The largest absolute Gasteiger partial charge is 0.319 e. The van der Waals surface area contributed by atoms with E-state index in [1.165, 1.54) is 6.07 Å². The molecule has 2 rings (SSSR count). The Morgan fingerprint density at radius 1 is 1.00 bits per heavy atom. The third kappa shape index (κ3) is 2.36. The maximum absolute atomic E-state index is 13.6. The molecule has 1 atom stereocenters. The number of thiophene rings is 1. The Morgan fingerprint density at radius 3 is 1.85 bits per heavy atom. The molecule has 20 heavy (non-hydrogen) atoms. The molecule has 0 bridgehead atoms. The molecular formula is C12H7BrF5NS. The van der Waals surface area contributed by atoms with Crippen molar-refractivity contribution in [2.75, 3.05) is 0 Å². The molecule has 0 aliphatic carbocycles. The Kier molecular flexibility index (Phi) is 4.17. The fourth-order valence-corrected chi connectivity index (χ4v) is 3.24. The standard InChI is InChI=1S/C12H7BrF5NS/c1-3-4(13)2-5(20-3)12(19)6-7(14)9(16)11(18)10(17)8(6)15/h2,12H,19H2,1H3. The highest BCUT2D eigenvalue weighted by Gasteiger charge is 2.30. The van der Waals surface area contributed by atoms with E-state index in [0.717, 1.165) is 16.2 Å². The second-order valence-corrected chi connectivity index (χ2v) is 6.16. The second-order valence-electron chi connectivity index (χ2n) is 4.01. The van der Waals surface area contributed by atoms with Gasteiger partial charge in [-0.25, -0.2) is 22.0 Å². The van der Waals surface area contributed by atoms with Crippen LogP contribution in [0.15, 0.2) is 10.5 Å². The van der Waals surface area contributed by atoms with Gasteiger partial charge in [0.15, 0.2) is 23.3 Å². The van der Waals surface area contributed by atoms with E-state index < -0.39 is 40.7 Å². The van der Waals surface area contributed by atoms with Gasteiger partial charge in [-0.05, 0) is 28.9 Å². The van der Waals surface area contributed by atoms with E-state index in [1.54, 1.807) is 6.92 Å². The molecule has 0 radical (unpaired) electrons. The maximum Gasteiger partial charge on any atom is 0.200 e. The summed E-state index contributed by atoms with van der Waals surface area (Å²) < 4.78 is 67.2.